The molecule has 1 aliphatic rings. The number of rotatable bonds is 4. The monoisotopic (exact) mass is 384 g/mol. The summed E-state index contributed by atoms with van der Waals surface area (Å²) in [5.74, 6) is -0.902. The molecule has 0 fully saturated rings. The van der Waals surface area contributed by atoms with Gasteiger partial charge >= 0.3 is 5.97 Å². The molecular weight excluding hydrogens is 352 g/mol. The summed E-state index contributed by atoms with van der Waals surface area (Å²) in [6.45, 7) is 5.12. The third-order valence-corrected chi connectivity index (χ3v) is 4.42. The van der Waals surface area contributed by atoms with Crippen molar-refractivity contribution in [2.45, 2.75) is 70.1 Å². The van der Waals surface area contributed by atoms with E-state index in [1.807, 2.05) is 6.92 Å². The molecule has 4 N–H and O–H groups in total. The predicted molar refractivity (Wildman–Crippen MR) is 101 cm³/mol. The van der Waals surface area contributed by atoms with E-state index >= 15 is 0 Å². The third-order valence-electron chi connectivity index (χ3n) is 4.42. The first-order chi connectivity index (χ1) is 12.6. The molecule has 0 aromatic heterocycles. The van der Waals surface area contributed by atoms with E-state index in [1.54, 1.807) is 26.0 Å². The van der Waals surface area contributed by atoms with Crippen LogP contribution in [0.3, 0.4) is 0 Å². The second kappa shape index (κ2) is 10.6. The van der Waals surface area contributed by atoms with E-state index < -0.39 is 41.9 Å². The Morgan fingerprint density at radius 1 is 1.33 bits per heavy atom. The smallest absolute Gasteiger partial charge is 0.313 e. The van der Waals surface area contributed by atoms with Crippen molar-refractivity contribution >= 4 is 5.97 Å². The predicted octanol–water partition coefficient (Wildman–Crippen LogP) is 1.21. The Balaban J connectivity index is 3.14. The topological polar surface area (TPSA) is 116 Å². The van der Waals surface area contributed by atoms with Gasteiger partial charge in [0.1, 0.15) is 17.8 Å². The minimum atomic E-state index is -1.36. The Morgan fingerprint density at radius 3 is 2.56 bits per heavy atom. The van der Waals surface area contributed by atoms with Gasteiger partial charge in [-0.3, -0.25) is 4.79 Å². The van der Waals surface area contributed by atoms with Gasteiger partial charge in [-0.15, -0.1) is 0 Å². The van der Waals surface area contributed by atoms with Crippen LogP contribution in [-0.2, 0) is 14.3 Å². The van der Waals surface area contributed by atoms with Crippen LogP contribution in [0, 0.1) is 5.92 Å². The fourth-order valence-electron chi connectivity index (χ4n) is 2.67. The lowest BCUT2D eigenvalue weighted by atomic mass is 9.96. The molecule has 154 valence electrons. The molecule has 1 rings (SSSR count). The van der Waals surface area contributed by atoms with Gasteiger partial charge in [0.05, 0.1) is 31.0 Å². The fourth-order valence-corrected chi connectivity index (χ4v) is 2.67. The first-order valence-corrected chi connectivity index (χ1v) is 9.15. The molecule has 0 saturated heterocycles. The number of carbonyl (C=O) groups excluding carboxylic acids is 1. The SMILES string of the molecule is CC/C(=C\C(O)C1C/C=C/CC(O)C(O)[C@@H](O)/C=C\C(C)(C)OC1=O)OC. The number of aliphatic hydroxyl groups excluding tert-OH is 4. The molecule has 0 saturated carbocycles. The molecule has 0 aliphatic carbocycles. The van der Waals surface area contributed by atoms with Crippen molar-refractivity contribution in [3.8, 4) is 0 Å². The van der Waals surface area contributed by atoms with Gasteiger partial charge in [-0.2, -0.15) is 0 Å². The molecule has 0 bridgehead atoms. The molecule has 0 spiro atoms. The third kappa shape index (κ3) is 7.46. The van der Waals surface area contributed by atoms with E-state index in [2.05, 4.69) is 0 Å². The van der Waals surface area contributed by atoms with Crippen LogP contribution in [0.25, 0.3) is 0 Å². The van der Waals surface area contributed by atoms with Crippen LogP contribution in [0.1, 0.15) is 40.0 Å². The highest BCUT2D eigenvalue weighted by Crippen LogP contribution is 2.22. The van der Waals surface area contributed by atoms with Crippen LogP contribution in [0.15, 0.2) is 36.1 Å². The maximum atomic E-state index is 12.7. The van der Waals surface area contributed by atoms with Gasteiger partial charge in [0.25, 0.3) is 0 Å². The molecule has 0 radical (unpaired) electrons. The Morgan fingerprint density at radius 2 is 1.96 bits per heavy atom. The summed E-state index contributed by atoms with van der Waals surface area (Å²) < 4.78 is 10.7. The molecule has 7 heteroatoms. The number of hydrogen-bond donors (Lipinski definition) is 4. The van der Waals surface area contributed by atoms with Gasteiger partial charge in [-0.05, 0) is 38.8 Å². The van der Waals surface area contributed by atoms with E-state index in [-0.39, 0.29) is 12.8 Å². The van der Waals surface area contributed by atoms with Crippen molar-refractivity contribution in [1.82, 2.24) is 0 Å². The number of carbonyl (C=O) groups is 1. The Kier molecular flexibility index (Phi) is 9.18. The highest BCUT2D eigenvalue weighted by Gasteiger charge is 2.31. The average molecular weight is 384 g/mol. The number of allylic oxidation sites excluding steroid dienone is 2. The molecule has 7 nitrogen and oxygen atoms in total. The van der Waals surface area contributed by atoms with Crippen LogP contribution in [0.2, 0.25) is 0 Å². The number of methoxy groups -OCH3 is 1. The van der Waals surface area contributed by atoms with Gasteiger partial charge < -0.3 is 29.9 Å². The van der Waals surface area contributed by atoms with E-state index in [0.29, 0.717) is 12.2 Å². The lowest BCUT2D eigenvalue weighted by molar-refractivity contribution is -0.160. The largest absolute Gasteiger partial charge is 0.501 e. The number of esters is 1. The van der Waals surface area contributed by atoms with Crippen LogP contribution < -0.4 is 0 Å². The lowest BCUT2D eigenvalue weighted by Gasteiger charge is -2.27. The van der Waals surface area contributed by atoms with Crippen LogP contribution in [0.5, 0.6) is 0 Å². The first kappa shape index (κ1) is 23.4. The maximum absolute atomic E-state index is 12.7. The number of aliphatic hydroxyl groups is 4. The molecule has 1 heterocycles. The summed E-state index contributed by atoms with van der Waals surface area (Å²) in [6, 6.07) is 0. The summed E-state index contributed by atoms with van der Waals surface area (Å²) in [6.07, 6.45) is 3.38. The highest BCUT2D eigenvalue weighted by atomic mass is 16.6. The van der Waals surface area contributed by atoms with Crippen LogP contribution >= 0.6 is 0 Å². The van der Waals surface area contributed by atoms with Crippen molar-refractivity contribution in [1.29, 1.82) is 0 Å². The summed E-state index contributed by atoms with van der Waals surface area (Å²) in [5, 5.41) is 40.4. The zero-order valence-electron chi connectivity index (χ0n) is 16.4. The molecule has 1 aliphatic heterocycles. The Labute approximate surface area is 160 Å². The standard InChI is InChI=1S/C20H32O7/c1-5-13(26-4)12-17(23)14-8-6-7-9-15(21)18(24)16(22)10-11-20(2,3)27-19(14)25/h6-7,10-12,14-18,21-24H,5,8-9H2,1-4H3/b7-6+,11-10-,13-12+/t14?,15?,16-,17?,18?/m0/s1. The van der Waals surface area contributed by atoms with Crippen LogP contribution in [0.4, 0.5) is 0 Å². The minimum Gasteiger partial charge on any atom is -0.501 e. The molecule has 4 unspecified atom stereocenters. The van der Waals surface area contributed by atoms with Gasteiger partial charge in [0.2, 0.25) is 0 Å². The maximum Gasteiger partial charge on any atom is 0.313 e. The van der Waals surface area contributed by atoms with Gasteiger partial charge in [0, 0.05) is 6.42 Å². The van der Waals surface area contributed by atoms with Gasteiger partial charge in [0.15, 0.2) is 0 Å². The van der Waals surface area contributed by atoms with Crippen molar-refractivity contribution < 1.29 is 34.7 Å². The van der Waals surface area contributed by atoms with Crippen molar-refractivity contribution in [3.05, 3.63) is 36.1 Å². The summed E-state index contributed by atoms with van der Waals surface area (Å²) in [5.41, 5.74) is -1.07. The van der Waals surface area contributed by atoms with Gasteiger partial charge in [-0.25, -0.2) is 0 Å². The lowest BCUT2D eigenvalue weighted by Crippen LogP contribution is -2.37. The summed E-state index contributed by atoms with van der Waals surface area (Å²) in [4.78, 5) is 12.7. The van der Waals surface area contributed by atoms with E-state index in [1.165, 1.54) is 25.3 Å². The van der Waals surface area contributed by atoms with E-state index in [4.69, 9.17) is 9.47 Å². The first-order valence-electron chi connectivity index (χ1n) is 9.15. The summed E-state index contributed by atoms with van der Waals surface area (Å²) >= 11 is 0. The molecular formula is C20H32O7. The Hall–Kier alpha value is -1.67. The van der Waals surface area contributed by atoms with E-state index in [0.717, 1.165) is 0 Å². The molecule has 0 aromatic carbocycles. The minimum absolute atomic E-state index is 0.0987. The normalized spacial score (nSPS) is 33.6. The second-order valence-corrected chi connectivity index (χ2v) is 7.16. The summed E-state index contributed by atoms with van der Waals surface area (Å²) in [7, 11) is 1.50. The molecule has 0 aromatic rings. The van der Waals surface area contributed by atoms with Gasteiger partial charge in [-0.1, -0.05) is 25.2 Å². The quantitative estimate of drug-likeness (QED) is 0.327. The zero-order chi connectivity index (χ0) is 20.6. The van der Waals surface area contributed by atoms with Crippen LogP contribution in [-0.4, -0.2) is 63.5 Å². The second-order valence-electron chi connectivity index (χ2n) is 7.16. The number of hydrogen-bond acceptors (Lipinski definition) is 7. The molecule has 27 heavy (non-hydrogen) atoms. The number of ether oxygens (including phenoxy) is 2. The van der Waals surface area contributed by atoms with E-state index in [9.17, 15) is 25.2 Å². The van der Waals surface area contributed by atoms with Crippen molar-refractivity contribution in [2.24, 2.45) is 5.92 Å². The average Bonchev–Trinajstić information content (AvgIpc) is 2.62. The molecule has 5 atom stereocenters. The fraction of sp³-hybridized carbons (Fsp3) is 0.650. The zero-order valence-corrected chi connectivity index (χ0v) is 16.4. The van der Waals surface area contributed by atoms with Crippen molar-refractivity contribution in [2.75, 3.05) is 7.11 Å². The highest BCUT2D eigenvalue weighted by molar-refractivity contribution is 5.74. The molecule has 0 amide bonds. The van der Waals surface area contributed by atoms with Crippen molar-refractivity contribution in [3.63, 3.8) is 0 Å². The number of cyclic esters (lactones) is 1. The Bertz CT molecular complexity index is 559.